The molecule has 2 rings (SSSR count). The number of halogens is 1. The molecule has 1 atom stereocenters. The maximum Gasteiger partial charge on any atom is 0.360 e. The summed E-state index contributed by atoms with van der Waals surface area (Å²) in [5.41, 5.74) is 0.780. The Labute approximate surface area is 121 Å². The van der Waals surface area contributed by atoms with E-state index < -0.39 is 17.9 Å². The number of fused-ring (bicyclic) bond motifs is 1. The van der Waals surface area contributed by atoms with Crippen LogP contribution in [0.3, 0.4) is 0 Å². The molecule has 20 heavy (non-hydrogen) atoms. The van der Waals surface area contributed by atoms with Gasteiger partial charge in [0.2, 0.25) is 11.6 Å². The van der Waals surface area contributed by atoms with Gasteiger partial charge < -0.3 is 14.9 Å². The quantitative estimate of drug-likeness (QED) is 0.805. The molecule has 7 nitrogen and oxygen atoms in total. The minimum Gasteiger partial charge on any atom is -0.481 e. The number of rotatable bonds is 5. The van der Waals surface area contributed by atoms with Crippen molar-refractivity contribution in [1.29, 1.82) is 0 Å². The maximum atomic E-state index is 11.1. The van der Waals surface area contributed by atoms with Crippen LogP contribution in [0, 0.1) is 0 Å². The average Bonchev–Trinajstić information content (AvgIpc) is 2.76. The fourth-order valence-corrected chi connectivity index (χ4v) is 1.98. The van der Waals surface area contributed by atoms with Crippen LogP contribution in [0.4, 0.5) is 0 Å². The van der Waals surface area contributed by atoms with Crippen molar-refractivity contribution in [2.75, 3.05) is 5.52 Å². The third kappa shape index (κ3) is 2.46. The lowest BCUT2D eigenvalue weighted by atomic mass is 10.0. The van der Waals surface area contributed by atoms with Gasteiger partial charge in [-0.25, -0.2) is 9.78 Å². The second-order valence-corrected chi connectivity index (χ2v) is 4.53. The molecule has 2 aromatic rings. The fraction of sp³-hybridized carbons (Fsp3) is 0.250. The third-order valence-corrected chi connectivity index (χ3v) is 3.09. The van der Waals surface area contributed by atoms with E-state index in [4.69, 9.17) is 14.9 Å². The maximum absolute atomic E-state index is 11.1. The molecule has 106 valence electrons. The number of hydrogen-bond acceptors (Lipinski definition) is 4. The summed E-state index contributed by atoms with van der Waals surface area (Å²) in [6, 6.07) is 3.16. The van der Waals surface area contributed by atoms with E-state index in [-0.39, 0.29) is 17.1 Å². The number of carboxylic acid groups (broad SMARTS) is 2. The molecule has 2 heterocycles. The molecule has 0 saturated carbocycles. The Bertz CT molecular complexity index is 682. The second kappa shape index (κ2) is 5.49. The predicted octanol–water partition coefficient (Wildman–Crippen LogP) is 1.95. The monoisotopic (exact) mass is 342 g/mol. The van der Waals surface area contributed by atoms with Gasteiger partial charge in [-0.05, 0) is 34.5 Å². The van der Waals surface area contributed by atoms with Crippen LogP contribution in [0.25, 0.3) is 5.65 Å². The van der Waals surface area contributed by atoms with Crippen molar-refractivity contribution in [3.05, 3.63) is 29.6 Å². The first-order valence-corrected chi connectivity index (χ1v) is 6.74. The van der Waals surface area contributed by atoms with E-state index in [1.807, 2.05) is 0 Å². The molecule has 0 fully saturated rings. The number of aromatic carboxylic acids is 1. The van der Waals surface area contributed by atoms with Crippen LogP contribution in [-0.2, 0) is 4.79 Å². The van der Waals surface area contributed by atoms with Gasteiger partial charge >= 0.3 is 11.9 Å². The molecular formula is C12H11BrN2O5. The van der Waals surface area contributed by atoms with Crippen molar-refractivity contribution in [3.8, 4) is 5.88 Å². The summed E-state index contributed by atoms with van der Waals surface area (Å²) in [6.07, 6.45) is 1.52. The van der Waals surface area contributed by atoms with E-state index >= 15 is 0 Å². The van der Waals surface area contributed by atoms with Crippen molar-refractivity contribution in [2.24, 2.45) is 0 Å². The third-order valence-electron chi connectivity index (χ3n) is 2.86. The summed E-state index contributed by atoms with van der Waals surface area (Å²) < 4.78 is 6.67. The Morgan fingerprint density at radius 3 is 2.70 bits per heavy atom. The van der Waals surface area contributed by atoms with Crippen molar-refractivity contribution in [3.63, 3.8) is 0 Å². The number of imidazole rings is 1. The van der Waals surface area contributed by atoms with Crippen LogP contribution in [0.15, 0.2) is 18.3 Å². The van der Waals surface area contributed by atoms with E-state index in [0.717, 1.165) is 0 Å². The largest absolute Gasteiger partial charge is 0.481 e. The van der Waals surface area contributed by atoms with Gasteiger partial charge in [0.15, 0.2) is 0 Å². The van der Waals surface area contributed by atoms with Crippen LogP contribution >= 0.6 is 15.9 Å². The first kappa shape index (κ1) is 14.3. The average molecular weight is 343 g/mol. The van der Waals surface area contributed by atoms with E-state index in [0.29, 0.717) is 11.2 Å². The SMILES string of the molecule is CC(C(=O)O)c1ccc2nc(C(=O)O)c(OCBr)n2c1. The van der Waals surface area contributed by atoms with Gasteiger partial charge in [0, 0.05) is 6.20 Å². The van der Waals surface area contributed by atoms with Crippen molar-refractivity contribution in [2.45, 2.75) is 12.8 Å². The molecule has 2 aromatic heterocycles. The predicted molar refractivity (Wildman–Crippen MR) is 72.6 cm³/mol. The molecule has 0 amide bonds. The van der Waals surface area contributed by atoms with Gasteiger partial charge in [-0.3, -0.25) is 9.20 Å². The molecule has 0 aromatic carbocycles. The van der Waals surface area contributed by atoms with Gasteiger partial charge in [0.25, 0.3) is 0 Å². The van der Waals surface area contributed by atoms with E-state index in [1.54, 1.807) is 19.1 Å². The molecule has 2 N–H and O–H groups in total. The van der Waals surface area contributed by atoms with Gasteiger partial charge in [-0.15, -0.1) is 0 Å². The number of hydrogen-bond donors (Lipinski definition) is 2. The standard InChI is InChI=1S/C12H11BrN2O5/c1-6(11(16)17)7-2-3-8-14-9(12(18)19)10(20-5-13)15(8)4-7/h2-4,6H,5H2,1H3,(H,16,17)(H,18,19). The number of pyridine rings is 1. The Morgan fingerprint density at radius 2 is 2.15 bits per heavy atom. The lowest BCUT2D eigenvalue weighted by Crippen LogP contribution is -2.08. The number of nitrogens with zero attached hydrogens (tertiary/aromatic N) is 2. The van der Waals surface area contributed by atoms with Gasteiger partial charge in [-0.2, -0.15) is 0 Å². The number of aliphatic carboxylic acids is 1. The molecule has 1 unspecified atom stereocenters. The molecule has 0 aliphatic rings. The zero-order chi connectivity index (χ0) is 14.9. The summed E-state index contributed by atoms with van der Waals surface area (Å²) in [5, 5.41) is 18.1. The summed E-state index contributed by atoms with van der Waals surface area (Å²) in [4.78, 5) is 26.1. The Hall–Kier alpha value is -2.09. The van der Waals surface area contributed by atoms with Crippen molar-refractivity contribution < 1.29 is 24.5 Å². The summed E-state index contributed by atoms with van der Waals surface area (Å²) in [5.74, 6) is -2.83. The number of aromatic nitrogens is 2. The Kier molecular flexibility index (Phi) is 3.93. The van der Waals surface area contributed by atoms with Crippen LogP contribution in [0.2, 0.25) is 0 Å². The first-order chi connectivity index (χ1) is 9.45. The second-order valence-electron chi connectivity index (χ2n) is 4.07. The number of ether oxygens (including phenoxy) is 1. The zero-order valence-electron chi connectivity index (χ0n) is 10.4. The fourth-order valence-electron chi connectivity index (χ4n) is 1.77. The van der Waals surface area contributed by atoms with Crippen molar-refractivity contribution in [1.82, 2.24) is 9.38 Å². The van der Waals surface area contributed by atoms with Crippen LogP contribution in [-0.4, -0.2) is 37.1 Å². The smallest absolute Gasteiger partial charge is 0.360 e. The summed E-state index contributed by atoms with van der Waals surface area (Å²) >= 11 is 3.06. The van der Waals surface area contributed by atoms with Crippen LogP contribution in [0.1, 0.15) is 28.9 Å². The molecule has 8 heteroatoms. The van der Waals surface area contributed by atoms with Gasteiger partial charge in [-0.1, -0.05) is 6.07 Å². The van der Waals surface area contributed by atoms with Crippen LogP contribution in [0.5, 0.6) is 5.88 Å². The van der Waals surface area contributed by atoms with E-state index in [9.17, 15) is 9.59 Å². The summed E-state index contributed by atoms with van der Waals surface area (Å²) in [6.45, 7) is 1.55. The zero-order valence-corrected chi connectivity index (χ0v) is 12.0. The minimum absolute atomic E-state index is 0.0591. The van der Waals surface area contributed by atoms with Gasteiger partial charge in [0.1, 0.15) is 11.2 Å². The highest BCUT2D eigenvalue weighted by Crippen LogP contribution is 2.24. The number of carbonyl (C=O) groups is 2. The highest BCUT2D eigenvalue weighted by molar-refractivity contribution is 9.09. The summed E-state index contributed by atoms with van der Waals surface area (Å²) in [7, 11) is 0. The molecule has 0 spiro atoms. The van der Waals surface area contributed by atoms with E-state index in [2.05, 4.69) is 20.9 Å². The van der Waals surface area contributed by atoms with E-state index in [1.165, 1.54) is 10.6 Å². The lowest BCUT2D eigenvalue weighted by Gasteiger charge is -2.08. The first-order valence-electron chi connectivity index (χ1n) is 5.62. The lowest BCUT2D eigenvalue weighted by molar-refractivity contribution is -0.138. The Morgan fingerprint density at radius 1 is 1.45 bits per heavy atom. The normalized spacial score (nSPS) is 12.3. The number of alkyl halides is 1. The molecule has 0 aliphatic heterocycles. The molecule has 0 saturated heterocycles. The van der Waals surface area contributed by atoms with Gasteiger partial charge in [0.05, 0.1) is 5.92 Å². The number of carboxylic acids is 2. The molecule has 0 bridgehead atoms. The molecular weight excluding hydrogens is 332 g/mol. The topological polar surface area (TPSA) is 101 Å². The highest BCUT2D eigenvalue weighted by atomic mass is 79.9. The molecule has 0 aliphatic carbocycles. The van der Waals surface area contributed by atoms with Crippen LogP contribution < -0.4 is 4.74 Å². The van der Waals surface area contributed by atoms with Crippen molar-refractivity contribution >= 4 is 33.5 Å². The highest BCUT2D eigenvalue weighted by Gasteiger charge is 2.21. The minimum atomic E-state index is -1.21. The Balaban J connectivity index is 2.63. The molecule has 0 radical (unpaired) electrons.